The van der Waals surface area contributed by atoms with Gasteiger partial charge in [0, 0.05) is 39.7 Å². The van der Waals surface area contributed by atoms with Gasteiger partial charge in [0.2, 0.25) is 5.91 Å². The minimum atomic E-state index is -0.0261. The molecule has 0 radical (unpaired) electrons. The van der Waals surface area contributed by atoms with E-state index in [1.165, 1.54) is 4.90 Å². The zero-order valence-electron chi connectivity index (χ0n) is 17.3. The molecule has 1 aliphatic heterocycles. The SMILES string of the molecule is COCCNC(=NCc1ccc(C)cc1OC1CCOC1)NCC(=O)N(C)C. The van der Waals surface area contributed by atoms with Gasteiger partial charge in [-0.2, -0.15) is 0 Å². The Labute approximate surface area is 167 Å². The molecule has 1 aromatic rings. The Morgan fingerprint density at radius 1 is 1.36 bits per heavy atom. The highest BCUT2D eigenvalue weighted by atomic mass is 16.5. The first kappa shape index (κ1) is 22.0. The molecule has 1 unspecified atom stereocenters. The van der Waals surface area contributed by atoms with Crippen molar-refractivity contribution in [3.63, 3.8) is 0 Å². The molecule has 1 aromatic carbocycles. The van der Waals surface area contributed by atoms with Crippen LogP contribution >= 0.6 is 0 Å². The molecule has 1 heterocycles. The van der Waals surface area contributed by atoms with Gasteiger partial charge in [-0.05, 0) is 18.6 Å². The molecule has 0 spiro atoms. The summed E-state index contributed by atoms with van der Waals surface area (Å²) < 4.78 is 16.6. The predicted octanol–water partition coefficient (Wildman–Crippen LogP) is 0.933. The van der Waals surface area contributed by atoms with Crippen molar-refractivity contribution in [2.24, 2.45) is 4.99 Å². The number of aryl methyl sites for hydroxylation is 1. The minimum Gasteiger partial charge on any atom is -0.488 e. The van der Waals surface area contributed by atoms with Crippen LogP contribution < -0.4 is 15.4 Å². The second kappa shape index (κ2) is 11.5. The third-order valence-corrected chi connectivity index (χ3v) is 4.32. The predicted molar refractivity (Wildman–Crippen MR) is 109 cm³/mol. The first-order valence-electron chi connectivity index (χ1n) is 9.54. The third kappa shape index (κ3) is 7.36. The summed E-state index contributed by atoms with van der Waals surface area (Å²) in [5.74, 6) is 1.37. The highest BCUT2D eigenvalue weighted by molar-refractivity contribution is 5.86. The molecule has 0 aromatic heterocycles. The van der Waals surface area contributed by atoms with Crippen molar-refractivity contribution in [2.45, 2.75) is 26.0 Å². The zero-order chi connectivity index (χ0) is 20.4. The average molecular weight is 393 g/mol. The summed E-state index contributed by atoms with van der Waals surface area (Å²) in [6.07, 6.45) is 0.981. The van der Waals surface area contributed by atoms with Crippen molar-refractivity contribution < 1.29 is 19.0 Å². The van der Waals surface area contributed by atoms with Crippen molar-refractivity contribution in [3.05, 3.63) is 29.3 Å². The lowest BCUT2D eigenvalue weighted by Crippen LogP contribution is -2.43. The molecular formula is C20H32N4O4. The summed E-state index contributed by atoms with van der Waals surface area (Å²) in [5.41, 5.74) is 2.12. The van der Waals surface area contributed by atoms with Crippen LogP contribution in [0.5, 0.6) is 5.75 Å². The molecule has 2 N–H and O–H groups in total. The van der Waals surface area contributed by atoms with Crippen LogP contribution in [-0.4, -0.2) is 77.0 Å². The van der Waals surface area contributed by atoms with Crippen LogP contribution in [-0.2, 0) is 20.8 Å². The largest absolute Gasteiger partial charge is 0.488 e. The Morgan fingerprint density at radius 3 is 2.86 bits per heavy atom. The number of nitrogens with zero attached hydrogens (tertiary/aromatic N) is 2. The molecule has 1 saturated heterocycles. The van der Waals surface area contributed by atoms with Gasteiger partial charge in [0.15, 0.2) is 5.96 Å². The van der Waals surface area contributed by atoms with Gasteiger partial charge in [-0.1, -0.05) is 12.1 Å². The maximum Gasteiger partial charge on any atom is 0.241 e. The third-order valence-electron chi connectivity index (χ3n) is 4.32. The Balaban J connectivity index is 2.06. The molecule has 156 valence electrons. The quantitative estimate of drug-likeness (QED) is 0.370. The van der Waals surface area contributed by atoms with Crippen LogP contribution in [0, 0.1) is 6.92 Å². The standard InChI is InChI=1S/C20H32N4O4/c1-15-5-6-16(18(11-15)28-17-7-9-27-14-17)12-22-20(21-8-10-26-4)23-13-19(25)24(2)3/h5-6,11,17H,7-10,12-14H2,1-4H3,(H2,21,22,23). The van der Waals surface area contributed by atoms with Gasteiger partial charge in [-0.25, -0.2) is 4.99 Å². The molecule has 8 nitrogen and oxygen atoms in total. The molecule has 0 saturated carbocycles. The number of ether oxygens (including phenoxy) is 3. The molecule has 1 aliphatic rings. The van der Waals surface area contributed by atoms with Gasteiger partial charge in [0.05, 0.1) is 32.9 Å². The van der Waals surface area contributed by atoms with E-state index in [1.54, 1.807) is 21.2 Å². The number of benzene rings is 1. The first-order valence-corrected chi connectivity index (χ1v) is 9.54. The summed E-state index contributed by atoms with van der Waals surface area (Å²) in [7, 11) is 5.09. The maximum absolute atomic E-state index is 11.9. The van der Waals surface area contributed by atoms with Crippen LogP contribution in [0.3, 0.4) is 0 Å². The molecule has 8 heteroatoms. The number of carbonyl (C=O) groups is 1. The number of hydrogen-bond donors (Lipinski definition) is 2. The van der Waals surface area contributed by atoms with E-state index in [1.807, 2.05) is 25.1 Å². The minimum absolute atomic E-state index is 0.0261. The Bertz CT molecular complexity index is 658. The fourth-order valence-corrected chi connectivity index (χ4v) is 2.61. The summed E-state index contributed by atoms with van der Waals surface area (Å²) >= 11 is 0. The number of amides is 1. The van der Waals surface area contributed by atoms with Crippen molar-refractivity contribution in [2.75, 3.05) is 54.1 Å². The molecule has 1 atom stereocenters. The van der Waals surface area contributed by atoms with Crippen molar-refractivity contribution >= 4 is 11.9 Å². The topological polar surface area (TPSA) is 84.4 Å². The highest BCUT2D eigenvalue weighted by Gasteiger charge is 2.18. The van der Waals surface area contributed by atoms with Gasteiger partial charge >= 0.3 is 0 Å². The normalized spacial score (nSPS) is 16.7. The van der Waals surface area contributed by atoms with E-state index in [4.69, 9.17) is 14.2 Å². The fraction of sp³-hybridized carbons (Fsp3) is 0.600. The zero-order valence-corrected chi connectivity index (χ0v) is 17.3. The van der Waals surface area contributed by atoms with Crippen LogP contribution in [0.2, 0.25) is 0 Å². The molecule has 0 aliphatic carbocycles. The van der Waals surface area contributed by atoms with Gasteiger partial charge < -0.3 is 29.7 Å². The van der Waals surface area contributed by atoms with Gasteiger partial charge in [0.25, 0.3) is 0 Å². The lowest BCUT2D eigenvalue weighted by molar-refractivity contribution is -0.127. The summed E-state index contributed by atoms with van der Waals surface area (Å²) in [6, 6.07) is 6.11. The number of guanidine groups is 1. The number of hydrogen-bond acceptors (Lipinski definition) is 5. The molecule has 28 heavy (non-hydrogen) atoms. The van der Waals surface area contributed by atoms with E-state index in [2.05, 4.69) is 15.6 Å². The lowest BCUT2D eigenvalue weighted by Gasteiger charge is -2.17. The molecular weight excluding hydrogens is 360 g/mol. The lowest BCUT2D eigenvalue weighted by atomic mass is 10.1. The number of nitrogens with one attached hydrogen (secondary N) is 2. The number of likely N-dealkylation sites (N-methyl/N-ethyl adjacent to an activating group) is 1. The second-order valence-corrected chi connectivity index (χ2v) is 6.94. The van der Waals surface area contributed by atoms with E-state index >= 15 is 0 Å². The summed E-state index contributed by atoms with van der Waals surface area (Å²) in [5, 5.41) is 6.24. The maximum atomic E-state index is 11.9. The van der Waals surface area contributed by atoms with Gasteiger partial charge in [-0.15, -0.1) is 0 Å². The second-order valence-electron chi connectivity index (χ2n) is 6.94. The molecule has 0 bridgehead atoms. The van der Waals surface area contributed by atoms with Crippen LogP contribution in [0.25, 0.3) is 0 Å². The number of aliphatic imine (C=N–C) groups is 1. The van der Waals surface area contributed by atoms with Crippen LogP contribution in [0.15, 0.2) is 23.2 Å². The van der Waals surface area contributed by atoms with Crippen molar-refractivity contribution in [3.8, 4) is 5.75 Å². The van der Waals surface area contributed by atoms with Crippen LogP contribution in [0.1, 0.15) is 17.5 Å². The summed E-state index contributed by atoms with van der Waals surface area (Å²) in [4.78, 5) is 18.0. The van der Waals surface area contributed by atoms with E-state index in [0.717, 1.165) is 29.9 Å². The molecule has 1 amide bonds. The molecule has 2 rings (SSSR count). The van der Waals surface area contributed by atoms with E-state index < -0.39 is 0 Å². The smallest absolute Gasteiger partial charge is 0.241 e. The fourth-order valence-electron chi connectivity index (χ4n) is 2.61. The van der Waals surface area contributed by atoms with E-state index in [9.17, 15) is 4.79 Å². The van der Waals surface area contributed by atoms with Crippen molar-refractivity contribution in [1.29, 1.82) is 0 Å². The average Bonchev–Trinajstić information content (AvgIpc) is 3.17. The number of methoxy groups -OCH3 is 1. The van der Waals surface area contributed by atoms with Gasteiger partial charge in [0.1, 0.15) is 11.9 Å². The first-order chi connectivity index (χ1) is 13.5. The van der Waals surface area contributed by atoms with E-state index in [-0.39, 0.29) is 18.6 Å². The Morgan fingerprint density at radius 2 is 2.18 bits per heavy atom. The monoisotopic (exact) mass is 392 g/mol. The summed E-state index contributed by atoms with van der Waals surface area (Å²) in [6.45, 7) is 5.13. The number of carbonyl (C=O) groups excluding carboxylic acids is 1. The van der Waals surface area contributed by atoms with Crippen molar-refractivity contribution in [1.82, 2.24) is 15.5 Å². The van der Waals surface area contributed by atoms with E-state index in [0.29, 0.717) is 32.3 Å². The number of rotatable bonds is 9. The molecule has 1 fully saturated rings. The Kier molecular flexibility index (Phi) is 9.03. The highest BCUT2D eigenvalue weighted by Crippen LogP contribution is 2.24. The van der Waals surface area contributed by atoms with Gasteiger partial charge in [-0.3, -0.25) is 4.79 Å². The van der Waals surface area contributed by atoms with Crippen LogP contribution in [0.4, 0.5) is 0 Å². The Hall–Kier alpha value is -2.32.